The van der Waals surface area contributed by atoms with E-state index in [1.165, 1.54) is 6.07 Å². The van der Waals surface area contributed by atoms with Crippen molar-refractivity contribution >= 4 is 35.2 Å². The minimum absolute atomic E-state index is 0.00384. The van der Waals surface area contributed by atoms with Crippen molar-refractivity contribution in [1.29, 1.82) is 0 Å². The number of rotatable bonds is 6. The van der Waals surface area contributed by atoms with Gasteiger partial charge in [0.1, 0.15) is 11.9 Å². The van der Waals surface area contributed by atoms with Crippen LogP contribution in [0.15, 0.2) is 36.4 Å². The minimum Gasteiger partial charge on any atom is -0.379 e. The molecule has 2 aromatic rings. The van der Waals surface area contributed by atoms with Gasteiger partial charge in [-0.2, -0.15) is 0 Å². The Hall–Kier alpha value is -4.08. The zero-order chi connectivity index (χ0) is 23.7. The Morgan fingerprint density at radius 1 is 1.09 bits per heavy atom. The van der Waals surface area contributed by atoms with Crippen LogP contribution in [-0.4, -0.2) is 47.0 Å². The number of amides is 5. The average molecular weight is 452 g/mol. The van der Waals surface area contributed by atoms with E-state index in [-0.39, 0.29) is 42.1 Å². The van der Waals surface area contributed by atoms with E-state index in [1.54, 1.807) is 24.3 Å². The number of fused-ring (bicyclic) bond motifs is 1. The largest absolute Gasteiger partial charge is 0.379 e. The topological polar surface area (TPSA) is 125 Å². The van der Waals surface area contributed by atoms with Gasteiger partial charge in [0, 0.05) is 25.1 Å². The van der Waals surface area contributed by atoms with Crippen molar-refractivity contribution in [2.75, 3.05) is 11.9 Å². The molecule has 1 unspecified atom stereocenters. The van der Waals surface area contributed by atoms with E-state index in [2.05, 4.69) is 16.0 Å². The van der Waals surface area contributed by atoms with Gasteiger partial charge in [-0.25, -0.2) is 4.39 Å². The van der Waals surface area contributed by atoms with Crippen LogP contribution in [0.25, 0.3) is 0 Å². The highest BCUT2D eigenvalue weighted by atomic mass is 19.1. The molecule has 170 valence electrons. The normalized spacial score (nSPS) is 17.6. The molecular formula is C23H21FN4O5. The fourth-order valence-electron chi connectivity index (χ4n) is 3.86. The molecule has 33 heavy (non-hydrogen) atoms. The van der Waals surface area contributed by atoms with E-state index < -0.39 is 35.5 Å². The second kappa shape index (κ2) is 8.81. The van der Waals surface area contributed by atoms with Crippen molar-refractivity contribution in [1.82, 2.24) is 15.5 Å². The molecule has 0 saturated carbocycles. The van der Waals surface area contributed by atoms with E-state index in [9.17, 15) is 28.4 Å². The van der Waals surface area contributed by atoms with Gasteiger partial charge in [0.2, 0.25) is 11.8 Å². The monoisotopic (exact) mass is 452 g/mol. The van der Waals surface area contributed by atoms with E-state index in [0.29, 0.717) is 12.1 Å². The number of nitrogens with one attached hydrogen (secondary N) is 3. The van der Waals surface area contributed by atoms with Crippen LogP contribution in [0.1, 0.15) is 56.4 Å². The summed E-state index contributed by atoms with van der Waals surface area (Å²) in [6, 6.07) is 7.87. The lowest BCUT2D eigenvalue weighted by Crippen LogP contribution is -2.54. The summed E-state index contributed by atoms with van der Waals surface area (Å²) in [5.74, 6) is -3.58. The summed E-state index contributed by atoms with van der Waals surface area (Å²) in [6.07, 6.45) is 0.0277. The van der Waals surface area contributed by atoms with Gasteiger partial charge >= 0.3 is 0 Å². The van der Waals surface area contributed by atoms with E-state index in [1.807, 2.05) is 6.92 Å². The van der Waals surface area contributed by atoms with Gasteiger partial charge in [-0.05, 0) is 43.2 Å². The standard InChI is InChI=1S/C23H21FN4O5/c1-2-25-20(30)13-5-3-12(4-6-13)11-26-17-10-15-14(9-16(17)24)22(32)28(23(15)33)18-7-8-19(29)27-21(18)31/h3-6,9-10,18,26H,2,7-8,11H2,1H3,(H,25,30)(H,27,29,31). The van der Waals surface area contributed by atoms with Gasteiger partial charge in [-0.15, -0.1) is 0 Å². The van der Waals surface area contributed by atoms with E-state index in [0.717, 1.165) is 16.5 Å². The summed E-state index contributed by atoms with van der Waals surface area (Å²) >= 11 is 0. The quantitative estimate of drug-likeness (QED) is 0.572. The second-order valence-corrected chi connectivity index (χ2v) is 7.73. The molecule has 2 aliphatic rings. The first-order valence-corrected chi connectivity index (χ1v) is 10.5. The van der Waals surface area contributed by atoms with Gasteiger partial charge in [-0.1, -0.05) is 12.1 Å². The number of benzene rings is 2. The van der Waals surface area contributed by atoms with Gasteiger partial charge in [-0.3, -0.25) is 34.2 Å². The second-order valence-electron chi connectivity index (χ2n) is 7.73. The van der Waals surface area contributed by atoms with Crippen molar-refractivity contribution in [3.8, 4) is 0 Å². The van der Waals surface area contributed by atoms with E-state index in [4.69, 9.17) is 0 Å². The van der Waals surface area contributed by atoms with Crippen molar-refractivity contribution in [2.24, 2.45) is 0 Å². The fourth-order valence-corrected chi connectivity index (χ4v) is 3.86. The Kier molecular flexibility index (Phi) is 5.91. The Labute approximate surface area is 188 Å². The molecule has 4 rings (SSSR count). The lowest BCUT2D eigenvalue weighted by Gasteiger charge is -2.27. The van der Waals surface area contributed by atoms with Crippen molar-refractivity contribution in [2.45, 2.75) is 32.4 Å². The third-order valence-corrected chi connectivity index (χ3v) is 5.56. The molecule has 1 atom stereocenters. The molecule has 10 heteroatoms. The molecule has 0 spiro atoms. The molecule has 2 aliphatic heterocycles. The predicted molar refractivity (Wildman–Crippen MR) is 115 cm³/mol. The number of hydrogen-bond acceptors (Lipinski definition) is 6. The van der Waals surface area contributed by atoms with Crippen LogP contribution in [0.3, 0.4) is 0 Å². The van der Waals surface area contributed by atoms with Crippen molar-refractivity contribution < 1.29 is 28.4 Å². The van der Waals surface area contributed by atoms with Crippen molar-refractivity contribution in [3.05, 3.63) is 64.5 Å². The molecule has 0 aliphatic carbocycles. The molecule has 5 amide bonds. The first-order chi connectivity index (χ1) is 15.8. The average Bonchev–Trinajstić information content (AvgIpc) is 3.02. The SMILES string of the molecule is CCNC(=O)c1ccc(CNc2cc3c(cc2F)C(=O)N(C2CCC(=O)NC2=O)C3=O)cc1. The summed E-state index contributed by atoms with van der Waals surface area (Å²) < 4.78 is 14.7. The highest BCUT2D eigenvalue weighted by molar-refractivity contribution is 6.23. The zero-order valence-electron chi connectivity index (χ0n) is 17.7. The maximum absolute atomic E-state index is 14.7. The molecule has 2 aromatic carbocycles. The predicted octanol–water partition coefficient (Wildman–Crippen LogP) is 1.59. The van der Waals surface area contributed by atoms with Gasteiger partial charge in [0.25, 0.3) is 17.7 Å². The molecule has 9 nitrogen and oxygen atoms in total. The van der Waals surface area contributed by atoms with Gasteiger partial charge < -0.3 is 10.6 Å². The lowest BCUT2D eigenvalue weighted by atomic mass is 10.0. The lowest BCUT2D eigenvalue weighted by molar-refractivity contribution is -0.136. The number of imide groups is 2. The number of nitrogens with zero attached hydrogens (tertiary/aromatic N) is 1. The molecule has 1 fully saturated rings. The van der Waals surface area contributed by atoms with Gasteiger partial charge in [0.15, 0.2) is 0 Å². The van der Waals surface area contributed by atoms with Crippen LogP contribution in [-0.2, 0) is 16.1 Å². The Balaban J connectivity index is 1.50. The number of piperidine rings is 1. The molecular weight excluding hydrogens is 431 g/mol. The maximum atomic E-state index is 14.7. The van der Waals surface area contributed by atoms with Gasteiger partial charge in [0.05, 0.1) is 16.8 Å². The zero-order valence-corrected chi connectivity index (χ0v) is 17.7. The number of carbonyl (C=O) groups excluding carboxylic acids is 5. The molecule has 2 heterocycles. The van der Waals surface area contributed by atoms with E-state index >= 15 is 0 Å². The third kappa shape index (κ3) is 4.19. The first kappa shape index (κ1) is 22.1. The third-order valence-electron chi connectivity index (χ3n) is 5.56. The van der Waals surface area contributed by atoms with Crippen LogP contribution in [0.4, 0.5) is 10.1 Å². The highest BCUT2D eigenvalue weighted by Gasteiger charge is 2.45. The number of anilines is 1. The summed E-state index contributed by atoms with van der Waals surface area (Å²) in [6.45, 7) is 2.55. The molecule has 3 N–H and O–H groups in total. The molecule has 0 bridgehead atoms. The summed E-state index contributed by atoms with van der Waals surface area (Å²) in [5.41, 5.74) is 1.16. The van der Waals surface area contributed by atoms with Crippen LogP contribution < -0.4 is 16.0 Å². The Morgan fingerprint density at radius 3 is 2.39 bits per heavy atom. The van der Waals surface area contributed by atoms with Crippen LogP contribution in [0, 0.1) is 5.82 Å². The molecule has 1 saturated heterocycles. The number of halogens is 1. The summed E-state index contributed by atoms with van der Waals surface area (Å²) in [7, 11) is 0. The molecule has 0 aromatic heterocycles. The Morgan fingerprint density at radius 2 is 1.76 bits per heavy atom. The first-order valence-electron chi connectivity index (χ1n) is 10.5. The smallest absolute Gasteiger partial charge is 0.262 e. The van der Waals surface area contributed by atoms with Crippen LogP contribution in [0.2, 0.25) is 0 Å². The summed E-state index contributed by atoms with van der Waals surface area (Å²) in [4.78, 5) is 61.8. The van der Waals surface area contributed by atoms with Crippen LogP contribution >= 0.6 is 0 Å². The fraction of sp³-hybridized carbons (Fsp3) is 0.261. The van der Waals surface area contributed by atoms with Crippen molar-refractivity contribution in [3.63, 3.8) is 0 Å². The number of hydrogen-bond donors (Lipinski definition) is 3. The highest BCUT2D eigenvalue weighted by Crippen LogP contribution is 2.31. The summed E-state index contributed by atoms with van der Waals surface area (Å²) in [5, 5.41) is 7.71. The number of carbonyl (C=O) groups is 5. The Bertz CT molecular complexity index is 1180. The molecule has 0 radical (unpaired) electrons. The maximum Gasteiger partial charge on any atom is 0.262 e. The van der Waals surface area contributed by atoms with Crippen LogP contribution in [0.5, 0.6) is 0 Å². The minimum atomic E-state index is -1.11.